The molecule has 3 rings (SSSR count). The normalized spacial score (nSPS) is 10.7. The van der Waals surface area contributed by atoms with Crippen LogP contribution in [0.3, 0.4) is 0 Å². The van der Waals surface area contributed by atoms with Gasteiger partial charge in [-0.2, -0.15) is 0 Å². The highest BCUT2D eigenvalue weighted by Crippen LogP contribution is 2.23. The Morgan fingerprint density at radius 2 is 1.82 bits per heavy atom. The molecule has 1 heterocycles. The fraction of sp³-hybridized carbons (Fsp3) is 0.304. The van der Waals surface area contributed by atoms with Gasteiger partial charge in [0, 0.05) is 49.0 Å². The first-order chi connectivity index (χ1) is 13.6. The second kappa shape index (κ2) is 9.22. The van der Waals surface area contributed by atoms with Crippen molar-refractivity contribution in [3.05, 3.63) is 60.3 Å². The second-order valence-electron chi connectivity index (χ2n) is 6.78. The maximum atomic E-state index is 12.4. The zero-order valence-electron chi connectivity index (χ0n) is 16.8. The van der Waals surface area contributed by atoms with Crippen LogP contribution < -0.4 is 15.5 Å². The van der Waals surface area contributed by atoms with E-state index in [1.807, 2.05) is 43.3 Å². The van der Waals surface area contributed by atoms with Gasteiger partial charge in [0.2, 0.25) is 5.91 Å². The topological polar surface area (TPSA) is 57.3 Å². The van der Waals surface area contributed by atoms with Crippen LogP contribution in [0.5, 0.6) is 0 Å². The van der Waals surface area contributed by atoms with Crippen molar-refractivity contribution in [2.45, 2.75) is 27.2 Å². The molecule has 0 fully saturated rings. The Morgan fingerprint density at radius 3 is 2.57 bits per heavy atom. The number of para-hydroxylation sites is 1. The molecule has 0 atom stereocenters. The lowest BCUT2D eigenvalue weighted by molar-refractivity contribution is -0.115. The smallest absolute Gasteiger partial charge is 0.226 e. The maximum Gasteiger partial charge on any atom is 0.226 e. The van der Waals surface area contributed by atoms with Crippen molar-refractivity contribution in [3.8, 4) is 0 Å². The Hall–Kier alpha value is -3.08. The van der Waals surface area contributed by atoms with Crippen molar-refractivity contribution in [1.82, 2.24) is 4.98 Å². The molecule has 1 amide bonds. The molecule has 0 aliphatic heterocycles. The van der Waals surface area contributed by atoms with E-state index >= 15 is 0 Å². The fourth-order valence-corrected chi connectivity index (χ4v) is 3.34. The largest absolute Gasteiger partial charge is 0.383 e. The Bertz CT molecular complexity index is 945. The first-order valence-corrected chi connectivity index (χ1v) is 9.85. The van der Waals surface area contributed by atoms with E-state index in [-0.39, 0.29) is 5.91 Å². The first kappa shape index (κ1) is 19.7. The van der Waals surface area contributed by atoms with Crippen LogP contribution in [0.2, 0.25) is 0 Å². The number of aryl methyl sites for hydroxylation is 1. The number of fused-ring (bicyclic) bond motifs is 1. The summed E-state index contributed by atoms with van der Waals surface area (Å²) in [5.74, 6) is -0.000569. The Labute approximate surface area is 166 Å². The highest BCUT2D eigenvalue weighted by Gasteiger charge is 2.08. The molecule has 0 aliphatic carbocycles. The molecule has 0 saturated carbocycles. The summed E-state index contributed by atoms with van der Waals surface area (Å²) >= 11 is 0. The van der Waals surface area contributed by atoms with E-state index in [4.69, 9.17) is 0 Å². The van der Waals surface area contributed by atoms with Gasteiger partial charge in [-0.25, -0.2) is 0 Å². The third-order valence-corrected chi connectivity index (χ3v) is 4.91. The molecule has 146 valence electrons. The molecule has 0 aliphatic rings. The number of nitrogens with zero attached hydrogens (tertiary/aromatic N) is 2. The molecule has 5 nitrogen and oxygen atoms in total. The van der Waals surface area contributed by atoms with Gasteiger partial charge in [-0.15, -0.1) is 0 Å². The summed E-state index contributed by atoms with van der Waals surface area (Å²) in [5, 5.41) is 7.44. The number of amides is 1. The molecular formula is C23H28N4O. The first-order valence-electron chi connectivity index (χ1n) is 9.85. The molecular weight excluding hydrogens is 348 g/mol. The average Bonchev–Trinajstić information content (AvgIpc) is 2.71. The van der Waals surface area contributed by atoms with E-state index in [1.54, 1.807) is 6.20 Å². The average molecular weight is 377 g/mol. The maximum absolute atomic E-state index is 12.4. The molecule has 0 unspecified atom stereocenters. The van der Waals surface area contributed by atoms with Crippen molar-refractivity contribution in [2.75, 3.05) is 35.2 Å². The van der Waals surface area contributed by atoms with Crippen LogP contribution in [0.25, 0.3) is 10.9 Å². The predicted octanol–water partition coefficient (Wildman–Crippen LogP) is 4.83. The Morgan fingerprint density at radius 1 is 1.04 bits per heavy atom. The summed E-state index contributed by atoms with van der Waals surface area (Å²) in [6.45, 7) is 8.81. The van der Waals surface area contributed by atoms with Crippen molar-refractivity contribution < 1.29 is 4.79 Å². The molecule has 0 saturated heterocycles. The molecule has 2 N–H and O–H groups in total. The summed E-state index contributed by atoms with van der Waals surface area (Å²) in [4.78, 5) is 19.1. The number of nitrogens with one attached hydrogen (secondary N) is 2. The van der Waals surface area contributed by atoms with Crippen LogP contribution in [-0.2, 0) is 4.79 Å². The van der Waals surface area contributed by atoms with Gasteiger partial charge >= 0.3 is 0 Å². The van der Waals surface area contributed by atoms with Crippen molar-refractivity contribution in [2.24, 2.45) is 0 Å². The number of pyridine rings is 1. The third kappa shape index (κ3) is 4.60. The van der Waals surface area contributed by atoms with Gasteiger partial charge in [0.1, 0.15) is 0 Å². The van der Waals surface area contributed by atoms with Crippen molar-refractivity contribution in [3.63, 3.8) is 0 Å². The second-order valence-corrected chi connectivity index (χ2v) is 6.78. The number of rotatable bonds is 8. The van der Waals surface area contributed by atoms with Crippen LogP contribution in [0.15, 0.2) is 54.7 Å². The number of benzene rings is 2. The van der Waals surface area contributed by atoms with Crippen LogP contribution in [0.4, 0.5) is 17.1 Å². The lowest BCUT2D eigenvalue weighted by Gasteiger charge is -2.22. The predicted molar refractivity (Wildman–Crippen MR) is 118 cm³/mol. The highest BCUT2D eigenvalue weighted by atomic mass is 16.1. The SMILES string of the molecule is CCN(CC)c1ccc(NC(=O)CCNc2cccc3cccnc23)c(C)c1. The van der Waals surface area contributed by atoms with E-state index in [1.165, 1.54) is 5.69 Å². The molecule has 28 heavy (non-hydrogen) atoms. The van der Waals surface area contributed by atoms with Crippen molar-refractivity contribution in [1.29, 1.82) is 0 Å². The molecule has 5 heteroatoms. The Balaban J connectivity index is 1.57. The number of hydrogen-bond donors (Lipinski definition) is 2. The number of carbonyl (C=O) groups is 1. The van der Waals surface area contributed by atoms with Crippen LogP contribution in [0, 0.1) is 6.92 Å². The number of hydrogen-bond acceptors (Lipinski definition) is 4. The molecule has 0 radical (unpaired) electrons. The van der Waals surface area contributed by atoms with E-state index in [9.17, 15) is 4.79 Å². The highest BCUT2D eigenvalue weighted by molar-refractivity contribution is 5.93. The lowest BCUT2D eigenvalue weighted by Crippen LogP contribution is -2.22. The molecule has 0 spiro atoms. The van der Waals surface area contributed by atoms with E-state index in [2.05, 4.69) is 46.5 Å². The van der Waals surface area contributed by atoms with Crippen LogP contribution in [0.1, 0.15) is 25.8 Å². The van der Waals surface area contributed by atoms with Gasteiger partial charge in [-0.05, 0) is 56.7 Å². The minimum Gasteiger partial charge on any atom is -0.383 e. The van der Waals surface area contributed by atoms with Crippen molar-refractivity contribution >= 4 is 33.9 Å². The minimum atomic E-state index is -0.000569. The molecule has 0 bridgehead atoms. The van der Waals surface area contributed by atoms with Gasteiger partial charge in [0.05, 0.1) is 11.2 Å². The number of aromatic nitrogens is 1. The van der Waals surface area contributed by atoms with Gasteiger partial charge in [0.25, 0.3) is 0 Å². The summed E-state index contributed by atoms with van der Waals surface area (Å²) < 4.78 is 0. The van der Waals surface area contributed by atoms with Crippen LogP contribution in [-0.4, -0.2) is 30.5 Å². The van der Waals surface area contributed by atoms with Gasteiger partial charge in [-0.1, -0.05) is 18.2 Å². The zero-order valence-corrected chi connectivity index (χ0v) is 16.8. The fourth-order valence-electron chi connectivity index (χ4n) is 3.34. The van der Waals surface area contributed by atoms with Gasteiger partial charge < -0.3 is 15.5 Å². The number of carbonyl (C=O) groups excluding carboxylic acids is 1. The van der Waals surface area contributed by atoms with E-state index < -0.39 is 0 Å². The number of anilines is 3. The molecule has 1 aromatic heterocycles. The standard InChI is InChI=1S/C23H28N4O/c1-4-27(5-2)19-11-12-20(17(3)16-19)26-22(28)13-15-24-21-10-6-8-18-9-7-14-25-23(18)21/h6-12,14,16,24H,4-5,13,15H2,1-3H3,(H,26,28). The third-order valence-electron chi connectivity index (χ3n) is 4.91. The summed E-state index contributed by atoms with van der Waals surface area (Å²) in [6.07, 6.45) is 2.17. The zero-order chi connectivity index (χ0) is 19.9. The summed E-state index contributed by atoms with van der Waals surface area (Å²) in [6, 6.07) is 16.2. The molecule has 2 aromatic carbocycles. The lowest BCUT2D eigenvalue weighted by atomic mass is 10.1. The van der Waals surface area contributed by atoms with Gasteiger partial charge in [0.15, 0.2) is 0 Å². The van der Waals surface area contributed by atoms with E-state index in [0.717, 1.165) is 40.9 Å². The van der Waals surface area contributed by atoms with Crippen LogP contribution >= 0.6 is 0 Å². The molecule has 3 aromatic rings. The summed E-state index contributed by atoms with van der Waals surface area (Å²) in [7, 11) is 0. The minimum absolute atomic E-state index is 0.000569. The monoisotopic (exact) mass is 376 g/mol. The van der Waals surface area contributed by atoms with Gasteiger partial charge in [-0.3, -0.25) is 9.78 Å². The van der Waals surface area contributed by atoms with E-state index in [0.29, 0.717) is 13.0 Å². The quantitative estimate of drug-likeness (QED) is 0.591. The summed E-state index contributed by atoms with van der Waals surface area (Å²) in [5.41, 5.74) is 5.00. The Kier molecular flexibility index (Phi) is 6.48.